The maximum absolute atomic E-state index is 12.2. The molecular weight excluding hydrogens is 302 g/mol. The lowest BCUT2D eigenvalue weighted by atomic mass is 10.1. The third-order valence-electron chi connectivity index (χ3n) is 3.00. The Hall–Kier alpha value is -1.61. The van der Waals surface area contributed by atoms with E-state index in [0.29, 0.717) is 5.56 Å². The maximum Gasteiger partial charge on any atom is 0.251 e. The Kier molecular flexibility index (Phi) is 4.38. The molecule has 1 N–H and O–H groups in total. The number of carbonyl (C=O) groups is 1. The first-order valence-electron chi connectivity index (χ1n) is 6.20. The number of benzene rings is 2. The molecule has 0 saturated carbocycles. The van der Waals surface area contributed by atoms with Crippen LogP contribution in [-0.2, 0) is 0 Å². The Morgan fingerprint density at radius 3 is 2.58 bits per heavy atom. The van der Waals surface area contributed by atoms with Crippen LogP contribution in [0.3, 0.4) is 0 Å². The Morgan fingerprint density at radius 1 is 1.16 bits per heavy atom. The normalized spacial score (nSPS) is 11.9. The first-order valence-corrected chi connectivity index (χ1v) is 6.99. The van der Waals surface area contributed by atoms with E-state index in [-0.39, 0.29) is 11.9 Å². The molecule has 98 valence electrons. The fraction of sp³-hybridized carbons (Fsp3) is 0.188. The summed E-state index contributed by atoms with van der Waals surface area (Å²) in [6.45, 7) is 3.96. The number of rotatable bonds is 3. The average Bonchev–Trinajstić information content (AvgIpc) is 2.39. The van der Waals surface area contributed by atoms with E-state index in [9.17, 15) is 4.79 Å². The first-order chi connectivity index (χ1) is 9.08. The van der Waals surface area contributed by atoms with Crippen LogP contribution in [-0.4, -0.2) is 5.91 Å². The van der Waals surface area contributed by atoms with E-state index in [0.717, 1.165) is 15.6 Å². The van der Waals surface area contributed by atoms with Gasteiger partial charge in [0.05, 0.1) is 6.04 Å². The highest BCUT2D eigenvalue weighted by molar-refractivity contribution is 9.10. The quantitative estimate of drug-likeness (QED) is 0.901. The van der Waals surface area contributed by atoms with Crippen molar-refractivity contribution < 1.29 is 4.79 Å². The summed E-state index contributed by atoms with van der Waals surface area (Å²) in [7, 11) is 0. The summed E-state index contributed by atoms with van der Waals surface area (Å²) in [6.07, 6.45) is 0. The van der Waals surface area contributed by atoms with Gasteiger partial charge in [0.2, 0.25) is 0 Å². The van der Waals surface area contributed by atoms with Gasteiger partial charge in [-0.1, -0.05) is 51.8 Å². The predicted molar refractivity (Wildman–Crippen MR) is 81.2 cm³/mol. The molecule has 2 aromatic rings. The highest BCUT2D eigenvalue weighted by atomic mass is 79.9. The average molecular weight is 318 g/mol. The Labute approximate surface area is 122 Å². The summed E-state index contributed by atoms with van der Waals surface area (Å²) >= 11 is 3.50. The van der Waals surface area contributed by atoms with Gasteiger partial charge in [-0.25, -0.2) is 0 Å². The highest BCUT2D eigenvalue weighted by Crippen LogP contribution is 2.23. The number of aryl methyl sites for hydroxylation is 1. The second-order valence-electron chi connectivity index (χ2n) is 4.59. The molecule has 0 aliphatic heterocycles. The molecule has 0 saturated heterocycles. The van der Waals surface area contributed by atoms with Crippen LogP contribution in [0.1, 0.15) is 34.5 Å². The largest absolute Gasteiger partial charge is 0.345 e. The van der Waals surface area contributed by atoms with Crippen LogP contribution in [0.5, 0.6) is 0 Å². The van der Waals surface area contributed by atoms with Crippen molar-refractivity contribution in [2.45, 2.75) is 19.9 Å². The zero-order valence-electron chi connectivity index (χ0n) is 11.0. The van der Waals surface area contributed by atoms with Crippen molar-refractivity contribution in [1.29, 1.82) is 0 Å². The van der Waals surface area contributed by atoms with Crippen molar-refractivity contribution in [2.75, 3.05) is 0 Å². The minimum absolute atomic E-state index is 0.0383. The molecule has 3 heteroatoms. The lowest BCUT2D eigenvalue weighted by molar-refractivity contribution is 0.0939. The number of hydrogen-bond acceptors (Lipinski definition) is 1. The van der Waals surface area contributed by atoms with Crippen LogP contribution in [0, 0.1) is 6.92 Å². The molecule has 0 radical (unpaired) electrons. The molecule has 0 heterocycles. The topological polar surface area (TPSA) is 29.1 Å². The maximum atomic E-state index is 12.2. The van der Waals surface area contributed by atoms with Gasteiger partial charge in [0.25, 0.3) is 5.91 Å². The number of amides is 1. The van der Waals surface area contributed by atoms with Gasteiger partial charge in [-0.05, 0) is 37.6 Å². The molecule has 1 amide bonds. The monoisotopic (exact) mass is 317 g/mol. The van der Waals surface area contributed by atoms with Crippen LogP contribution < -0.4 is 5.32 Å². The summed E-state index contributed by atoms with van der Waals surface area (Å²) in [5.41, 5.74) is 2.85. The van der Waals surface area contributed by atoms with Gasteiger partial charge in [-0.2, -0.15) is 0 Å². The van der Waals surface area contributed by atoms with Crippen LogP contribution in [0.4, 0.5) is 0 Å². The molecule has 0 spiro atoms. The molecule has 0 aliphatic rings. The van der Waals surface area contributed by atoms with Crippen molar-refractivity contribution in [1.82, 2.24) is 5.32 Å². The van der Waals surface area contributed by atoms with E-state index < -0.39 is 0 Å². The fourth-order valence-corrected chi connectivity index (χ4v) is 2.60. The van der Waals surface area contributed by atoms with E-state index in [1.165, 1.54) is 0 Å². The number of nitrogens with one attached hydrogen (secondary N) is 1. The van der Waals surface area contributed by atoms with Gasteiger partial charge in [0.15, 0.2) is 0 Å². The lowest BCUT2D eigenvalue weighted by Gasteiger charge is -2.16. The molecule has 2 rings (SSSR count). The molecule has 0 aliphatic carbocycles. The standard InChI is InChI=1S/C16H16BrNO/c1-11-6-5-7-13(10-11)16(19)18-12(2)14-8-3-4-9-15(14)17/h3-10,12H,1-2H3,(H,18,19)/t12-/m1/s1. The molecule has 2 aromatic carbocycles. The Balaban J connectivity index is 2.13. The second-order valence-corrected chi connectivity index (χ2v) is 5.44. The Bertz CT molecular complexity index is 595. The van der Waals surface area contributed by atoms with Gasteiger partial charge < -0.3 is 5.32 Å². The number of hydrogen-bond donors (Lipinski definition) is 1. The van der Waals surface area contributed by atoms with Crippen LogP contribution in [0.15, 0.2) is 53.0 Å². The van der Waals surface area contributed by atoms with Crippen molar-refractivity contribution >= 4 is 21.8 Å². The lowest BCUT2D eigenvalue weighted by Crippen LogP contribution is -2.26. The van der Waals surface area contributed by atoms with Crippen molar-refractivity contribution in [3.05, 3.63) is 69.7 Å². The molecule has 0 fully saturated rings. The number of halogens is 1. The van der Waals surface area contributed by atoms with E-state index in [2.05, 4.69) is 21.2 Å². The molecule has 2 nitrogen and oxygen atoms in total. The van der Waals surface area contributed by atoms with Crippen LogP contribution in [0.25, 0.3) is 0 Å². The van der Waals surface area contributed by atoms with E-state index in [1.807, 2.05) is 62.4 Å². The van der Waals surface area contributed by atoms with Crippen LogP contribution in [0.2, 0.25) is 0 Å². The van der Waals surface area contributed by atoms with Gasteiger partial charge in [-0.15, -0.1) is 0 Å². The zero-order chi connectivity index (χ0) is 13.8. The third kappa shape index (κ3) is 3.44. The van der Waals surface area contributed by atoms with Gasteiger partial charge >= 0.3 is 0 Å². The minimum Gasteiger partial charge on any atom is -0.345 e. The molecule has 1 atom stereocenters. The summed E-state index contributed by atoms with van der Waals surface area (Å²) in [5, 5.41) is 3.01. The molecule has 0 unspecified atom stereocenters. The first kappa shape index (κ1) is 13.8. The van der Waals surface area contributed by atoms with Crippen molar-refractivity contribution in [2.24, 2.45) is 0 Å². The van der Waals surface area contributed by atoms with Gasteiger partial charge in [-0.3, -0.25) is 4.79 Å². The van der Waals surface area contributed by atoms with Crippen molar-refractivity contribution in [3.8, 4) is 0 Å². The van der Waals surface area contributed by atoms with Crippen molar-refractivity contribution in [3.63, 3.8) is 0 Å². The summed E-state index contributed by atoms with van der Waals surface area (Å²) in [6, 6.07) is 15.5. The predicted octanol–water partition coefficient (Wildman–Crippen LogP) is 4.25. The number of carbonyl (C=O) groups excluding carboxylic acids is 1. The fourth-order valence-electron chi connectivity index (χ4n) is 1.97. The molecule has 0 aromatic heterocycles. The summed E-state index contributed by atoms with van der Waals surface area (Å²) < 4.78 is 1.01. The molecule has 19 heavy (non-hydrogen) atoms. The zero-order valence-corrected chi connectivity index (χ0v) is 12.6. The smallest absolute Gasteiger partial charge is 0.251 e. The summed E-state index contributed by atoms with van der Waals surface area (Å²) in [4.78, 5) is 12.2. The third-order valence-corrected chi connectivity index (χ3v) is 3.72. The second kappa shape index (κ2) is 6.02. The van der Waals surface area contributed by atoms with E-state index >= 15 is 0 Å². The van der Waals surface area contributed by atoms with Gasteiger partial charge in [0.1, 0.15) is 0 Å². The SMILES string of the molecule is Cc1cccc(C(=O)N[C@H](C)c2ccccc2Br)c1. The summed E-state index contributed by atoms with van der Waals surface area (Å²) in [5.74, 6) is -0.0491. The van der Waals surface area contributed by atoms with E-state index in [4.69, 9.17) is 0 Å². The van der Waals surface area contributed by atoms with Gasteiger partial charge in [0, 0.05) is 10.0 Å². The molecular formula is C16H16BrNO. The Morgan fingerprint density at radius 2 is 1.89 bits per heavy atom. The van der Waals surface area contributed by atoms with E-state index in [1.54, 1.807) is 0 Å². The van der Waals surface area contributed by atoms with Crippen LogP contribution >= 0.6 is 15.9 Å². The molecule has 0 bridgehead atoms. The highest BCUT2D eigenvalue weighted by Gasteiger charge is 2.13. The minimum atomic E-state index is -0.0491.